The highest BCUT2D eigenvalue weighted by Gasteiger charge is 2.42. The molecule has 3 aromatic rings. The van der Waals surface area contributed by atoms with E-state index in [1.165, 1.54) is 29.3 Å². The molecule has 1 aliphatic rings. The van der Waals surface area contributed by atoms with Gasteiger partial charge < -0.3 is 19.5 Å². The van der Waals surface area contributed by atoms with Crippen LogP contribution in [0.3, 0.4) is 0 Å². The zero-order valence-corrected chi connectivity index (χ0v) is 24.8. The molecule has 0 spiro atoms. The number of aryl methyl sites for hydroxylation is 1. The minimum absolute atomic E-state index is 0.0220. The van der Waals surface area contributed by atoms with Crippen LogP contribution in [-0.2, 0) is 30.1 Å². The van der Waals surface area contributed by atoms with Crippen molar-refractivity contribution in [3.63, 3.8) is 0 Å². The van der Waals surface area contributed by atoms with E-state index < -0.39 is 48.2 Å². The topological polar surface area (TPSA) is 101 Å². The Morgan fingerprint density at radius 1 is 1.02 bits per heavy atom. The third-order valence-corrected chi connectivity index (χ3v) is 7.41. The highest BCUT2D eigenvalue weighted by Crippen LogP contribution is 2.44. The molecular formula is C30H33F6N5O4. The van der Waals surface area contributed by atoms with E-state index in [1.807, 2.05) is 6.92 Å². The quantitative estimate of drug-likeness (QED) is 0.243. The van der Waals surface area contributed by atoms with E-state index in [0.717, 1.165) is 0 Å². The molecule has 1 aromatic carbocycles. The largest absolute Gasteiger partial charge is 0.481 e. The minimum Gasteiger partial charge on any atom is -0.481 e. The van der Waals surface area contributed by atoms with Gasteiger partial charge in [0.2, 0.25) is 11.8 Å². The van der Waals surface area contributed by atoms with Crippen molar-refractivity contribution in [1.29, 1.82) is 0 Å². The van der Waals surface area contributed by atoms with Gasteiger partial charge in [-0.15, -0.1) is 0 Å². The van der Waals surface area contributed by atoms with Crippen molar-refractivity contribution in [3.05, 3.63) is 70.7 Å². The average molecular weight is 642 g/mol. The molecule has 0 fully saturated rings. The van der Waals surface area contributed by atoms with E-state index in [-0.39, 0.29) is 48.8 Å². The summed E-state index contributed by atoms with van der Waals surface area (Å²) in [4.78, 5) is 29.4. The second kappa shape index (κ2) is 13.9. The van der Waals surface area contributed by atoms with Crippen LogP contribution in [0, 0.1) is 0 Å². The molecule has 0 bridgehead atoms. The van der Waals surface area contributed by atoms with Gasteiger partial charge in [-0.1, -0.05) is 6.92 Å². The fourth-order valence-corrected chi connectivity index (χ4v) is 5.28. The van der Waals surface area contributed by atoms with Crippen molar-refractivity contribution in [1.82, 2.24) is 15.0 Å². The summed E-state index contributed by atoms with van der Waals surface area (Å²) in [6.45, 7) is 3.09. The molecular weight excluding hydrogens is 608 g/mol. The molecule has 0 radical (unpaired) electrons. The van der Waals surface area contributed by atoms with Crippen molar-refractivity contribution in [2.75, 3.05) is 30.1 Å². The summed E-state index contributed by atoms with van der Waals surface area (Å²) in [6, 6.07) is 3.28. The van der Waals surface area contributed by atoms with Gasteiger partial charge in [0.1, 0.15) is 0 Å². The molecule has 1 aliphatic heterocycles. The Labute approximate surface area is 255 Å². The Bertz CT molecular complexity index is 1440. The number of ether oxygens (including phenoxy) is 2. The van der Waals surface area contributed by atoms with Gasteiger partial charge in [-0.25, -0.2) is 19.7 Å². The van der Waals surface area contributed by atoms with Crippen LogP contribution in [0.4, 0.5) is 42.8 Å². The number of hydrogen-bond acceptors (Lipinski definition) is 8. The van der Waals surface area contributed by atoms with Gasteiger partial charge in [0.05, 0.1) is 42.3 Å². The Hall–Kier alpha value is -4.14. The number of aromatic nitrogens is 3. The zero-order chi connectivity index (χ0) is 32.9. The van der Waals surface area contributed by atoms with Gasteiger partial charge in [0.25, 0.3) is 0 Å². The smallest absolute Gasteiger partial charge is 0.416 e. The number of pyridine rings is 1. The number of alkyl halides is 6. The number of anilines is 2. The SMILES string of the molecule is CCOC(=O)N1c2ccc(OC)nc2[C@@H](N(Cc2cc(C(F)(F)F)cc(C(F)(F)F)c2)c2ncc(CCCO)cn2)C[C@H]1CC. The maximum absolute atomic E-state index is 13.8. The molecule has 244 valence electrons. The van der Waals surface area contributed by atoms with Gasteiger partial charge in [-0.3, -0.25) is 4.90 Å². The number of fused-ring (bicyclic) bond motifs is 1. The Morgan fingerprint density at radius 2 is 1.67 bits per heavy atom. The lowest BCUT2D eigenvalue weighted by atomic mass is 9.92. The van der Waals surface area contributed by atoms with Crippen LogP contribution in [0.15, 0.2) is 42.7 Å². The summed E-state index contributed by atoms with van der Waals surface area (Å²) in [7, 11) is 1.39. The van der Waals surface area contributed by atoms with E-state index in [4.69, 9.17) is 9.47 Å². The predicted octanol–water partition coefficient (Wildman–Crippen LogP) is 6.74. The van der Waals surface area contributed by atoms with E-state index >= 15 is 0 Å². The number of aliphatic hydroxyl groups is 1. The number of nitrogens with zero attached hydrogens (tertiary/aromatic N) is 5. The molecule has 0 saturated carbocycles. The van der Waals surface area contributed by atoms with Gasteiger partial charge in [-0.05, 0) is 68.0 Å². The third kappa shape index (κ3) is 7.75. The number of rotatable bonds is 10. The second-order valence-electron chi connectivity index (χ2n) is 10.4. The Morgan fingerprint density at radius 3 is 2.20 bits per heavy atom. The summed E-state index contributed by atoms with van der Waals surface area (Å²) >= 11 is 0. The molecule has 2 atom stereocenters. The number of carbonyl (C=O) groups excluding carboxylic acids is 1. The number of carbonyl (C=O) groups is 1. The molecule has 2 aromatic heterocycles. The van der Waals surface area contributed by atoms with Crippen LogP contribution < -0.4 is 14.5 Å². The van der Waals surface area contributed by atoms with E-state index in [2.05, 4.69) is 15.0 Å². The van der Waals surface area contributed by atoms with Crippen molar-refractivity contribution < 1.29 is 45.7 Å². The predicted molar refractivity (Wildman–Crippen MR) is 152 cm³/mol. The minimum atomic E-state index is -5.04. The standard InChI is InChI=1S/C30H33F6N5O4/c1-4-22-14-24(26-23(8-9-25(39-26)44-3)41(22)28(43)45-5-2)40(27-37-15-18(16-38-27)7-6-10-42)17-19-11-20(29(31,32)33)13-21(12-19)30(34,35)36/h8-9,11-13,15-16,22,24,42H,4-7,10,14,17H2,1-3H3/t22-,24+/m1/s1. The summed E-state index contributed by atoms with van der Waals surface area (Å²) in [6.07, 6.45) is -6.21. The van der Waals surface area contributed by atoms with Crippen LogP contribution in [0.25, 0.3) is 0 Å². The molecule has 3 heterocycles. The van der Waals surface area contributed by atoms with E-state index in [0.29, 0.717) is 42.6 Å². The normalized spacial score (nSPS) is 16.7. The average Bonchev–Trinajstić information content (AvgIpc) is 3.01. The number of benzene rings is 1. The molecule has 0 aliphatic carbocycles. The van der Waals surface area contributed by atoms with Crippen molar-refractivity contribution in [2.45, 2.75) is 70.5 Å². The lowest BCUT2D eigenvalue weighted by molar-refractivity contribution is -0.143. The van der Waals surface area contributed by atoms with Crippen LogP contribution in [-0.4, -0.2) is 52.5 Å². The van der Waals surface area contributed by atoms with Gasteiger partial charge >= 0.3 is 18.4 Å². The van der Waals surface area contributed by atoms with E-state index in [9.17, 15) is 36.2 Å². The number of methoxy groups -OCH3 is 1. The first-order valence-electron chi connectivity index (χ1n) is 14.3. The van der Waals surface area contributed by atoms with Crippen LogP contribution in [0.1, 0.15) is 67.1 Å². The van der Waals surface area contributed by atoms with Crippen molar-refractivity contribution >= 4 is 17.7 Å². The molecule has 9 nitrogen and oxygen atoms in total. The maximum atomic E-state index is 13.8. The fourth-order valence-electron chi connectivity index (χ4n) is 5.28. The lowest BCUT2D eigenvalue weighted by Gasteiger charge is -2.43. The molecule has 1 N–H and O–H groups in total. The van der Waals surface area contributed by atoms with E-state index in [1.54, 1.807) is 19.1 Å². The number of amides is 1. The Kier molecular flexibility index (Phi) is 10.4. The monoisotopic (exact) mass is 641 g/mol. The van der Waals surface area contributed by atoms with Crippen molar-refractivity contribution in [3.8, 4) is 5.88 Å². The third-order valence-electron chi connectivity index (χ3n) is 7.41. The van der Waals surface area contributed by atoms with Crippen molar-refractivity contribution in [2.24, 2.45) is 0 Å². The first-order chi connectivity index (χ1) is 21.3. The van der Waals surface area contributed by atoms with Gasteiger partial charge in [-0.2, -0.15) is 26.3 Å². The second-order valence-corrected chi connectivity index (χ2v) is 10.4. The zero-order valence-electron chi connectivity index (χ0n) is 24.8. The maximum Gasteiger partial charge on any atom is 0.416 e. The summed E-state index contributed by atoms with van der Waals surface area (Å²) in [5.41, 5.74) is -1.87. The molecule has 0 saturated heterocycles. The first-order valence-corrected chi connectivity index (χ1v) is 14.3. The van der Waals surface area contributed by atoms with Gasteiger partial charge in [0, 0.05) is 37.7 Å². The molecule has 1 amide bonds. The van der Waals surface area contributed by atoms with Crippen LogP contribution in [0.2, 0.25) is 0 Å². The molecule has 15 heteroatoms. The highest BCUT2D eigenvalue weighted by atomic mass is 19.4. The molecule has 0 unspecified atom stereocenters. The molecule has 45 heavy (non-hydrogen) atoms. The first kappa shape index (κ1) is 33.7. The number of halogens is 6. The summed E-state index contributed by atoms with van der Waals surface area (Å²) in [5, 5.41) is 9.18. The summed E-state index contributed by atoms with van der Waals surface area (Å²) < 4.78 is 93.2. The fraction of sp³-hybridized carbons (Fsp3) is 0.467. The Balaban J connectivity index is 1.90. The van der Waals surface area contributed by atoms with Crippen LogP contribution in [0.5, 0.6) is 5.88 Å². The summed E-state index contributed by atoms with van der Waals surface area (Å²) in [5.74, 6) is 0.199. The number of hydrogen-bond donors (Lipinski definition) is 1. The highest BCUT2D eigenvalue weighted by molar-refractivity contribution is 5.90. The van der Waals surface area contributed by atoms with Crippen LogP contribution >= 0.6 is 0 Å². The number of aliphatic hydroxyl groups excluding tert-OH is 1. The molecule has 4 rings (SSSR count). The van der Waals surface area contributed by atoms with Gasteiger partial charge in [0.15, 0.2) is 0 Å². The lowest BCUT2D eigenvalue weighted by Crippen LogP contribution is -2.48.